The number of ether oxygens (including phenoxy) is 1. The Morgan fingerprint density at radius 2 is 1.62 bits per heavy atom. The first-order valence-corrected chi connectivity index (χ1v) is 5.55. The second-order valence-electron chi connectivity index (χ2n) is 3.75. The van der Waals surface area contributed by atoms with E-state index in [1.54, 1.807) is 20.8 Å². The smallest absolute Gasteiger partial charge is 0.159 e. The Bertz CT molecular complexity index is 129. The van der Waals surface area contributed by atoms with Crippen LogP contribution in [0, 0.1) is 0 Å². The van der Waals surface area contributed by atoms with E-state index in [0.29, 0.717) is 19.4 Å². The molecule has 2 atom stereocenters. The standard InChI is InChI=1S/C9H20O4.C2H6.CH4/c1-7(10)8(11)5-4-6-13-9(2,3)12;1-2;/h7-8,10-12H,4-6H2,1-3H3;1-2H3;1H4. The lowest BCUT2D eigenvalue weighted by Gasteiger charge is -2.19. The van der Waals surface area contributed by atoms with Crippen LogP contribution in [0.3, 0.4) is 0 Å². The van der Waals surface area contributed by atoms with Gasteiger partial charge in [0.25, 0.3) is 0 Å². The highest BCUT2D eigenvalue weighted by atomic mass is 16.6. The third-order valence-corrected chi connectivity index (χ3v) is 1.66. The second-order valence-corrected chi connectivity index (χ2v) is 3.75. The minimum Gasteiger partial charge on any atom is -0.391 e. The van der Waals surface area contributed by atoms with Gasteiger partial charge < -0.3 is 20.1 Å². The van der Waals surface area contributed by atoms with Gasteiger partial charge in [-0.25, -0.2) is 0 Å². The van der Waals surface area contributed by atoms with Gasteiger partial charge in [0.15, 0.2) is 5.79 Å². The van der Waals surface area contributed by atoms with Gasteiger partial charge in [-0.2, -0.15) is 0 Å². The molecule has 0 aromatic rings. The average molecular weight is 238 g/mol. The minimum absolute atomic E-state index is 0. The molecule has 0 aliphatic rings. The molecule has 4 heteroatoms. The quantitative estimate of drug-likeness (QED) is 0.488. The van der Waals surface area contributed by atoms with Crippen molar-refractivity contribution in [2.75, 3.05) is 6.61 Å². The average Bonchev–Trinajstić information content (AvgIpc) is 2.13. The van der Waals surface area contributed by atoms with Gasteiger partial charge in [0.1, 0.15) is 0 Å². The summed E-state index contributed by atoms with van der Waals surface area (Å²) in [7, 11) is 0. The molecule has 0 radical (unpaired) electrons. The zero-order valence-electron chi connectivity index (χ0n) is 10.5. The second kappa shape index (κ2) is 11.3. The molecule has 2 unspecified atom stereocenters. The van der Waals surface area contributed by atoms with E-state index in [1.807, 2.05) is 13.8 Å². The van der Waals surface area contributed by atoms with Crippen molar-refractivity contribution in [3.8, 4) is 0 Å². The zero-order chi connectivity index (χ0) is 12.5. The van der Waals surface area contributed by atoms with Crippen LogP contribution in [-0.4, -0.2) is 39.9 Å². The lowest BCUT2D eigenvalue weighted by molar-refractivity contribution is -0.177. The van der Waals surface area contributed by atoms with Crippen LogP contribution in [0.4, 0.5) is 0 Å². The first-order valence-electron chi connectivity index (χ1n) is 5.55. The number of aliphatic hydroxyl groups is 3. The topological polar surface area (TPSA) is 69.9 Å². The number of hydrogen-bond acceptors (Lipinski definition) is 4. The summed E-state index contributed by atoms with van der Waals surface area (Å²) in [5.41, 5.74) is 0. The fourth-order valence-corrected chi connectivity index (χ4v) is 0.856. The molecule has 4 nitrogen and oxygen atoms in total. The molecule has 0 rings (SSSR count). The van der Waals surface area contributed by atoms with Crippen molar-refractivity contribution in [2.45, 2.75) is 72.9 Å². The first kappa shape index (κ1) is 21.2. The summed E-state index contributed by atoms with van der Waals surface area (Å²) >= 11 is 0. The molecule has 3 N–H and O–H groups in total. The van der Waals surface area contributed by atoms with Crippen molar-refractivity contribution in [1.29, 1.82) is 0 Å². The van der Waals surface area contributed by atoms with Crippen molar-refractivity contribution < 1.29 is 20.1 Å². The maximum atomic E-state index is 9.19. The number of aliphatic hydroxyl groups excluding tert-OH is 2. The van der Waals surface area contributed by atoms with Gasteiger partial charge in [0, 0.05) is 0 Å². The molecule has 0 bridgehead atoms. The lowest BCUT2D eigenvalue weighted by atomic mass is 10.1. The van der Waals surface area contributed by atoms with Crippen LogP contribution in [0.2, 0.25) is 0 Å². The van der Waals surface area contributed by atoms with E-state index < -0.39 is 18.0 Å². The summed E-state index contributed by atoms with van der Waals surface area (Å²) in [6, 6.07) is 0. The van der Waals surface area contributed by atoms with Gasteiger partial charge >= 0.3 is 0 Å². The van der Waals surface area contributed by atoms with Gasteiger partial charge in [-0.3, -0.25) is 0 Å². The SMILES string of the molecule is C.CC.CC(O)C(O)CCCOC(C)(C)O. The molecule has 102 valence electrons. The van der Waals surface area contributed by atoms with E-state index in [4.69, 9.17) is 14.9 Å². The van der Waals surface area contributed by atoms with E-state index in [1.165, 1.54) is 0 Å². The lowest BCUT2D eigenvalue weighted by Crippen LogP contribution is -2.26. The number of rotatable bonds is 6. The monoisotopic (exact) mass is 238 g/mol. The van der Waals surface area contributed by atoms with Crippen LogP contribution in [0.25, 0.3) is 0 Å². The van der Waals surface area contributed by atoms with Crippen molar-refractivity contribution in [2.24, 2.45) is 0 Å². The van der Waals surface area contributed by atoms with Gasteiger partial charge in [-0.05, 0) is 33.6 Å². The fourth-order valence-electron chi connectivity index (χ4n) is 0.856. The summed E-state index contributed by atoms with van der Waals surface area (Å²) < 4.78 is 5.02. The predicted molar refractivity (Wildman–Crippen MR) is 67.3 cm³/mol. The highest BCUT2D eigenvalue weighted by Crippen LogP contribution is 2.07. The van der Waals surface area contributed by atoms with Crippen molar-refractivity contribution >= 4 is 0 Å². The zero-order valence-corrected chi connectivity index (χ0v) is 10.5. The molecule has 0 amide bonds. The van der Waals surface area contributed by atoms with Gasteiger partial charge in [0.2, 0.25) is 0 Å². The van der Waals surface area contributed by atoms with E-state index in [-0.39, 0.29) is 7.43 Å². The van der Waals surface area contributed by atoms with Crippen LogP contribution < -0.4 is 0 Å². The third kappa shape index (κ3) is 16.3. The molecular weight excluding hydrogens is 208 g/mol. The predicted octanol–water partition coefficient (Wildman–Crippen LogP) is 1.92. The van der Waals surface area contributed by atoms with Crippen LogP contribution in [0.1, 0.15) is 54.9 Å². The molecule has 0 heterocycles. The Kier molecular flexibility index (Phi) is 15.0. The summed E-state index contributed by atoms with van der Waals surface area (Å²) in [5.74, 6) is -1.12. The fraction of sp³-hybridized carbons (Fsp3) is 1.00. The Balaban J connectivity index is -0.000000529. The molecule has 0 spiro atoms. The molecule has 0 saturated carbocycles. The Labute approximate surface area is 100 Å². The maximum Gasteiger partial charge on any atom is 0.159 e. The largest absolute Gasteiger partial charge is 0.391 e. The van der Waals surface area contributed by atoms with Crippen LogP contribution >= 0.6 is 0 Å². The highest BCUT2D eigenvalue weighted by molar-refractivity contribution is 4.61. The summed E-state index contributed by atoms with van der Waals surface area (Å²) in [6.07, 6.45) is -0.309. The van der Waals surface area contributed by atoms with Crippen molar-refractivity contribution in [3.63, 3.8) is 0 Å². The van der Waals surface area contributed by atoms with Gasteiger partial charge in [-0.15, -0.1) is 0 Å². The summed E-state index contributed by atoms with van der Waals surface area (Å²) in [6.45, 7) is 9.03. The summed E-state index contributed by atoms with van der Waals surface area (Å²) in [5, 5.41) is 27.3. The highest BCUT2D eigenvalue weighted by Gasteiger charge is 2.13. The van der Waals surface area contributed by atoms with Crippen molar-refractivity contribution in [1.82, 2.24) is 0 Å². The normalized spacial score (nSPS) is 14.2. The summed E-state index contributed by atoms with van der Waals surface area (Å²) in [4.78, 5) is 0. The van der Waals surface area contributed by atoms with Crippen LogP contribution in [0.5, 0.6) is 0 Å². The van der Waals surface area contributed by atoms with Crippen molar-refractivity contribution in [3.05, 3.63) is 0 Å². The van der Waals surface area contributed by atoms with Gasteiger partial charge in [0.05, 0.1) is 18.8 Å². The molecule has 0 aliphatic heterocycles. The Hall–Kier alpha value is -0.160. The van der Waals surface area contributed by atoms with E-state index in [9.17, 15) is 5.11 Å². The molecule has 0 fully saturated rings. The molecule has 0 saturated heterocycles. The first-order chi connectivity index (χ1) is 6.83. The molecule has 16 heavy (non-hydrogen) atoms. The molecule has 0 aromatic heterocycles. The minimum atomic E-state index is -1.12. The van der Waals surface area contributed by atoms with E-state index >= 15 is 0 Å². The third-order valence-electron chi connectivity index (χ3n) is 1.66. The Morgan fingerprint density at radius 3 is 1.94 bits per heavy atom. The molecule has 0 aliphatic carbocycles. The molecular formula is C12H30O4. The van der Waals surface area contributed by atoms with Crippen LogP contribution in [0.15, 0.2) is 0 Å². The maximum absolute atomic E-state index is 9.19. The van der Waals surface area contributed by atoms with Crippen LogP contribution in [-0.2, 0) is 4.74 Å². The van der Waals surface area contributed by atoms with E-state index in [2.05, 4.69) is 0 Å². The van der Waals surface area contributed by atoms with Gasteiger partial charge in [-0.1, -0.05) is 21.3 Å². The number of hydrogen-bond donors (Lipinski definition) is 3. The Morgan fingerprint density at radius 1 is 1.19 bits per heavy atom. The van der Waals surface area contributed by atoms with E-state index in [0.717, 1.165) is 0 Å². The molecule has 0 aromatic carbocycles.